The molecule has 0 heterocycles. The van der Waals surface area contributed by atoms with Crippen LogP contribution in [0.1, 0.15) is 36.8 Å². The molecule has 0 aliphatic heterocycles. The van der Waals surface area contributed by atoms with Crippen molar-refractivity contribution in [3.63, 3.8) is 0 Å². The van der Waals surface area contributed by atoms with Crippen LogP contribution in [0.2, 0.25) is 0 Å². The number of nitrogens with two attached hydrogens (primary N) is 1. The SMILES string of the molecule is Cc1cc(N)c(S(=O)(=O)NC2(CO)CCCC2)cc1C. The van der Waals surface area contributed by atoms with Gasteiger partial charge in [-0.25, -0.2) is 13.1 Å². The smallest absolute Gasteiger partial charge is 0.243 e. The average Bonchev–Trinajstić information content (AvgIpc) is 2.82. The number of nitrogens with one attached hydrogen (secondary N) is 1. The van der Waals surface area contributed by atoms with Crippen molar-refractivity contribution in [1.82, 2.24) is 4.72 Å². The van der Waals surface area contributed by atoms with Crippen molar-refractivity contribution in [2.75, 3.05) is 12.3 Å². The van der Waals surface area contributed by atoms with E-state index in [-0.39, 0.29) is 17.2 Å². The van der Waals surface area contributed by atoms with Crippen LogP contribution in [-0.2, 0) is 10.0 Å². The number of hydrogen-bond donors (Lipinski definition) is 3. The van der Waals surface area contributed by atoms with Crippen LogP contribution in [0.3, 0.4) is 0 Å². The lowest BCUT2D eigenvalue weighted by atomic mass is 10.0. The van der Waals surface area contributed by atoms with Crippen LogP contribution < -0.4 is 10.5 Å². The molecular formula is C14H22N2O3S. The van der Waals surface area contributed by atoms with Crippen molar-refractivity contribution in [2.45, 2.75) is 50.0 Å². The van der Waals surface area contributed by atoms with Gasteiger partial charge in [0.1, 0.15) is 4.90 Å². The zero-order valence-electron chi connectivity index (χ0n) is 11.9. The van der Waals surface area contributed by atoms with E-state index in [0.717, 1.165) is 24.0 Å². The van der Waals surface area contributed by atoms with Crippen LogP contribution in [0.5, 0.6) is 0 Å². The van der Waals surface area contributed by atoms with E-state index < -0.39 is 15.6 Å². The minimum atomic E-state index is -3.72. The van der Waals surface area contributed by atoms with Gasteiger partial charge >= 0.3 is 0 Å². The van der Waals surface area contributed by atoms with Crippen LogP contribution in [-0.4, -0.2) is 25.7 Å². The summed E-state index contributed by atoms with van der Waals surface area (Å²) in [5.41, 5.74) is 7.20. The van der Waals surface area contributed by atoms with Crippen LogP contribution in [0, 0.1) is 13.8 Å². The maximum absolute atomic E-state index is 12.5. The molecule has 0 radical (unpaired) electrons. The predicted octanol–water partition coefficient (Wildman–Crippen LogP) is 1.47. The highest BCUT2D eigenvalue weighted by Crippen LogP contribution is 2.32. The lowest BCUT2D eigenvalue weighted by Gasteiger charge is -2.28. The predicted molar refractivity (Wildman–Crippen MR) is 78.9 cm³/mol. The summed E-state index contributed by atoms with van der Waals surface area (Å²) in [4.78, 5) is 0.0975. The van der Waals surface area contributed by atoms with Crippen molar-refractivity contribution >= 4 is 15.7 Å². The molecule has 0 aromatic heterocycles. The summed E-state index contributed by atoms with van der Waals surface area (Å²) in [5, 5.41) is 9.54. The molecule has 1 saturated carbocycles. The Labute approximate surface area is 120 Å². The van der Waals surface area contributed by atoms with Gasteiger partial charge in [0.25, 0.3) is 0 Å². The molecule has 0 bridgehead atoms. The molecule has 0 saturated heterocycles. The minimum Gasteiger partial charge on any atom is -0.398 e. The van der Waals surface area contributed by atoms with Crippen molar-refractivity contribution in [3.05, 3.63) is 23.3 Å². The third kappa shape index (κ3) is 2.82. The Morgan fingerprint density at radius 3 is 2.35 bits per heavy atom. The summed E-state index contributed by atoms with van der Waals surface area (Å²) < 4.78 is 27.7. The normalized spacial score (nSPS) is 18.4. The van der Waals surface area contributed by atoms with Crippen molar-refractivity contribution in [3.8, 4) is 0 Å². The van der Waals surface area contributed by atoms with Gasteiger partial charge < -0.3 is 10.8 Å². The fraction of sp³-hybridized carbons (Fsp3) is 0.571. The molecule has 20 heavy (non-hydrogen) atoms. The zero-order valence-corrected chi connectivity index (χ0v) is 12.8. The number of anilines is 1. The van der Waals surface area contributed by atoms with E-state index in [9.17, 15) is 13.5 Å². The fourth-order valence-electron chi connectivity index (χ4n) is 2.73. The molecule has 4 N–H and O–H groups in total. The molecule has 1 aromatic rings. The Balaban J connectivity index is 2.38. The lowest BCUT2D eigenvalue weighted by molar-refractivity contribution is 0.185. The number of aliphatic hydroxyl groups is 1. The van der Waals surface area contributed by atoms with E-state index in [0.29, 0.717) is 12.8 Å². The van der Waals surface area contributed by atoms with E-state index in [1.165, 1.54) is 0 Å². The van der Waals surface area contributed by atoms with Crippen LogP contribution in [0.25, 0.3) is 0 Å². The van der Waals surface area contributed by atoms with E-state index in [2.05, 4.69) is 4.72 Å². The van der Waals surface area contributed by atoms with E-state index in [1.54, 1.807) is 12.1 Å². The average molecular weight is 298 g/mol. The molecule has 2 rings (SSSR count). The van der Waals surface area contributed by atoms with Gasteiger partial charge in [0.2, 0.25) is 10.0 Å². The van der Waals surface area contributed by atoms with E-state index >= 15 is 0 Å². The van der Waals surface area contributed by atoms with Crippen molar-refractivity contribution < 1.29 is 13.5 Å². The Morgan fingerprint density at radius 1 is 1.25 bits per heavy atom. The topological polar surface area (TPSA) is 92.4 Å². The summed E-state index contributed by atoms with van der Waals surface area (Å²) in [6, 6.07) is 3.26. The summed E-state index contributed by atoms with van der Waals surface area (Å²) in [7, 11) is -3.72. The van der Waals surface area contributed by atoms with E-state index in [4.69, 9.17) is 5.73 Å². The number of sulfonamides is 1. The van der Waals surface area contributed by atoms with Gasteiger partial charge in [-0.2, -0.15) is 0 Å². The molecule has 0 spiro atoms. The van der Waals surface area contributed by atoms with Gasteiger partial charge in [-0.15, -0.1) is 0 Å². The van der Waals surface area contributed by atoms with Gasteiger partial charge in [-0.1, -0.05) is 12.8 Å². The quantitative estimate of drug-likeness (QED) is 0.734. The molecule has 0 amide bonds. The van der Waals surface area contributed by atoms with E-state index in [1.807, 2.05) is 13.8 Å². The van der Waals surface area contributed by atoms with Crippen molar-refractivity contribution in [2.24, 2.45) is 0 Å². The molecule has 5 nitrogen and oxygen atoms in total. The maximum Gasteiger partial charge on any atom is 0.243 e. The van der Waals surface area contributed by atoms with Gasteiger partial charge in [-0.3, -0.25) is 0 Å². The molecular weight excluding hydrogens is 276 g/mol. The second kappa shape index (κ2) is 5.35. The van der Waals surface area contributed by atoms with Gasteiger partial charge in [-0.05, 0) is 49.9 Å². The largest absolute Gasteiger partial charge is 0.398 e. The zero-order chi connectivity index (χ0) is 15.0. The number of hydrogen-bond acceptors (Lipinski definition) is 4. The highest BCUT2D eigenvalue weighted by Gasteiger charge is 2.38. The van der Waals surface area contributed by atoms with Gasteiger partial charge in [0.05, 0.1) is 17.8 Å². The molecule has 6 heteroatoms. The monoisotopic (exact) mass is 298 g/mol. The summed E-state index contributed by atoms with van der Waals surface area (Å²) >= 11 is 0. The lowest BCUT2D eigenvalue weighted by Crippen LogP contribution is -2.49. The Kier molecular flexibility index (Phi) is 4.09. The highest BCUT2D eigenvalue weighted by molar-refractivity contribution is 7.89. The third-order valence-corrected chi connectivity index (χ3v) is 5.76. The van der Waals surface area contributed by atoms with Gasteiger partial charge in [0, 0.05) is 0 Å². The summed E-state index contributed by atoms with van der Waals surface area (Å²) in [5.74, 6) is 0. The molecule has 0 atom stereocenters. The number of aryl methyl sites for hydroxylation is 2. The molecule has 112 valence electrons. The first kappa shape index (κ1) is 15.3. The summed E-state index contributed by atoms with van der Waals surface area (Å²) in [6.07, 6.45) is 3.16. The highest BCUT2D eigenvalue weighted by atomic mass is 32.2. The number of rotatable bonds is 4. The standard InChI is InChI=1S/C14H22N2O3S/c1-10-7-12(15)13(8-11(10)2)20(18,19)16-14(9-17)5-3-4-6-14/h7-8,16-17H,3-6,9,15H2,1-2H3. The maximum atomic E-state index is 12.5. The van der Waals surface area contributed by atoms with Crippen LogP contribution >= 0.6 is 0 Å². The van der Waals surface area contributed by atoms with Crippen LogP contribution in [0.15, 0.2) is 17.0 Å². The minimum absolute atomic E-state index is 0.0975. The molecule has 1 aliphatic rings. The first-order chi connectivity index (χ1) is 9.30. The molecule has 1 aromatic carbocycles. The fourth-order valence-corrected chi connectivity index (χ4v) is 4.38. The number of aliphatic hydroxyl groups excluding tert-OH is 1. The number of benzene rings is 1. The third-order valence-electron chi connectivity index (χ3n) is 4.13. The molecule has 1 fully saturated rings. The van der Waals surface area contributed by atoms with Gasteiger partial charge in [0.15, 0.2) is 0 Å². The first-order valence-electron chi connectivity index (χ1n) is 6.81. The second-order valence-electron chi connectivity index (χ2n) is 5.73. The second-order valence-corrected chi connectivity index (χ2v) is 7.38. The Bertz CT molecular complexity index is 605. The molecule has 0 unspecified atom stereocenters. The van der Waals surface area contributed by atoms with Crippen molar-refractivity contribution in [1.29, 1.82) is 0 Å². The first-order valence-corrected chi connectivity index (χ1v) is 8.30. The van der Waals surface area contributed by atoms with Crippen LogP contribution in [0.4, 0.5) is 5.69 Å². The summed E-state index contributed by atoms with van der Waals surface area (Å²) in [6.45, 7) is 3.56. The number of nitrogen functional groups attached to an aromatic ring is 1. The Morgan fingerprint density at radius 2 is 1.80 bits per heavy atom. The molecule has 1 aliphatic carbocycles. The Hall–Kier alpha value is -1.11.